The number of nitrogens with zero attached hydrogens (tertiary/aromatic N) is 1. The monoisotopic (exact) mass is 308 g/mol. The van der Waals surface area contributed by atoms with Crippen molar-refractivity contribution in [1.82, 2.24) is 10.2 Å². The molecule has 0 heterocycles. The number of benzene rings is 1. The zero-order chi connectivity index (χ0) is 15.5. The van der Waals surface area contributed by atoms with Crippen LogP contribution in [-0.2, 0) is 6.42 Å². The van der Waals surface area contributed by atoms with Crippen molar-refractivity contribution in [3.8, 4) is 0 Å². The first-order valence-electron chi connectivity index (χ1n) is 8.07. The highest BCUT2D eigenvalue weighted by Gasteiger charge is 2.43. The van der Waals surface area contributed by atoms with E-state index < -0.39 is 0 Å². The SMILES string of the molecule is CNC(Cc1ccccc1Cl)C1(N(C)C)CCCC(C)C1. The van der Waals surface area contributed by atoms with E-state index >= 15 is 0 Å². The molecule has 0 aliphatic heterocycles. The molecule has 1 N–H and O–H groups in total. The van der Waals surface area contributed by atoms with Crippen LogP contribution in [0.25, 0.3) is 0 Å². The molecule has 1 aromatic carbocycles. The maximum atomic E-state index is 6.38. The quantitative estimate of drug-likeness (QED) is 0.885. The molecule has 0 saturated heterocycles. The third-order valence-electron chi connectivity index (χ3n) is 5.28. The van der Waals surface area contributed by atoms with E-state index in [1.54, 1.807) is 0 Å². The summed E-state index contributed by atoms with van der Waals surface area (Å²) < 4.78 is 0. The number of rotatable bonds is 5. The molecule has 1 aromatic rings. The standard InChI is InChI=1S/C18H29ClN2/c1-14-8-7-11-18(13-14,21(3)4)17(20-2)12-15-9-5-6-10-16(15)19/h5-6,9-10,14,17,20H,7-8,11-13H2,1-4H3. The summed E-state index contributed by atoms with van der Waals surface area (Å²) in [5.74, 6) is 0.795. The van der Waals surface area contributed by atoms with E-state index in [0.717, 1.165) is 17.4 Å². The number of nitrogens with one attached hydrogen (secondary N) is 1. The van der Waals surface area contributed by atoms with Crippen molar-refractivity contribution in [2.75, 3.05) is 21.1 Å². The Morgan fingerprint density at radius 2 is 2.10 bits per heavy atom. The van der Waals surface area contributed by atoms with Crippen molar-refractivity contribution in [2.24, 2.45) is 5.92 Å². The number of hydrogen-bond donors (Lipinski definition) is 1. The number of likely N-dealkylation sites (N-methyl/N-ethyl adjacent to an activating group) is 2. The molecule has 0 aromatic heterocycles. The van der Waals surface area contributed by atoms with Crippen LogP contribution in [0.2, 0.25) is 5.02 Å². The molecule has 1 aliphatic rings. The molecular weight excluding hydrogens is 280 g/mol. The van der Waals surface area contributed by atoms with Crippen molar-refractivity contribution in [3.63, 3.8) is 0 Å². The minimum Gasteiger partial charge on any atom is -0.315 e. The van der Waals surface area contributed by atoms with Crippen LogP contribution in [0.15, 0.2) is 24.3 Å². The van der Waals surface area contributed by atoms with Gasteiger partial charge in [0.2, 0.25) is 0 Å². The Hall–Kier alpha value is -0.570. The Morgan fingerprint density at radius 1 is 1.38 bits per heavy atom. The molecule has 3 atom stereocenters. The second-order valence-electron chi connectivity index (χ2n) is 6.84. The first-order valence-corrected chi connectivity index (χ1v) is 8.45. The van der Waals surface area contributed by atoms with Gasteiger partial charge in [-0.2, -0.15) is 0 Å². The van der Waals surface area contributed by atoms with E-state index in [-0.39, 0.29) is 5.54 Å². The predicted octanol–water partition coefficient (Wildman–Crippen LogP) is 3.98. The Labute approximate surface area is 134 Å². The van der Waals surface area contributed by atoms with Gasteiger partial charge in [-0.25, -0.2) is 0 Å². The summed E-state index contributed by atoms with van der Waals surface area (Å²) in [6, 6.07) is 8.66. The third kappa shape index (κ3) is 3.61. The molecule has 0 bridgehead atoms. The summed E-state index contributed by atoms with van der Waals surface area (Å²) in [5.41, 5.74) is 1.48. The second kappa shape index (κ2) is 7.13. The van der Waals surface area contributed by atoms with Gasteiger partial charge in [0.25, 0.3) is 0 Å². The number of halogens is 1. The fourth-order valence-corrected chi connectivity index (χ4v) is 4.26. The molecule has 3 unspecified atom stereocenters. The topological polar surface area (TPSA) is 15.3 Å². The second-order valence-corrected chi connectivity index (χ2v) is 7.24. The minimum atomic E-state index is 0.228. The van der Waals surface area contributed by atoms with Gasteiger partial charge in [-0.1, -0.05) is 49.6 Å². The Bertz CT molecular complexity index is 460. The van der Waals surface area contributed by atoms with E-state index in [0.29, 0.717) is 6.04 Å². The molecule has 0 amide bonds. The average molecular weight is 309 g/mol. The van der Waals surface area contributed by atoms with E-state index in [1.807, 2.05) is 12.1 Å². The van der Waals surface area contributed by atoms with Crippen LogP contribution < -0.4 is 5.32 Å². The lowest BCUT2D eigenvalue weighted by atomic mass is 9.70. The molecule has 0 spiro atoms. The highest BCUT2D eigenvalue weighted by atomic mass is 35.5. The van der Waals surface area contributed by atoms with Crippen LogP contribution in [0.4, 0.5) is 0 Å². The maximum Gasteiger partial charge on any atom is 0.0438 e. The predicted molar refractivity (Wildman–Crippen MR) is 92.1 cm³/mol. The molecule has 1 saturated carbocycles. The zero-order valence-electron chi connectivity index (χ0n) is 13.8. The van der Waals surface area contributed by atoms with Gasteiger partial charge in [0.1, 0.15) is 0 Å². The summed E-state index contributed by atoms with van der Waals surface area (Å²) in [4.78, 5) is 2.45. The van der Waals surface area contributed by atoms with E-state index in [4.69, 9.17) is 11.6 Å². The van der Waals surface area contributed by atoms with Crippen LogP contribution in [-0.4, -0.2) is 37.6 Å². The van der Waals surface area contributed by atoms with Crippen LogP contribution >= 0.6 is 11.6 Å². The molecule has 3 heteroatoms. The Balaban J connectivity index is 2.26. The molecule has 1 fully saturated rings. The van der Waals surface area contributed by atoms with E-state index in [2.05, 4.69) is 50.4 Å². The fraction of sp³-hybridized carbons (Fsp3) is 0.667. The molecule has 2 nitrogen and oxygen atoms in total. The van der Waals surface area contributed by atoms with Crippen LogP contribution in [0.1, 0.15) is 38.2 Å². The first kappa shape index (κ1) is 16.8. The molecule has 2 rings (SSSR count). The van der Waals surface area contributed by atoms with Gasteiger partial charge in [0.05, 0.1) is 0 Å². The Morgan fingerprint density at radius 3 is 2.67 bits per heavy atom. The summed E-state index contributed by atoms with van der Waals surface area (Å²) in [7, 11) is 6.55. The summed E-state index contributed by atoms with van der Waals surface area (Å²) in [6.07, 6.45) is 6.19. The largest absolute Gasteiger partial charge is 0.315 e. The molecule has 1 aliphatic carbocycles. The van der Waals surface area contributed by atoms with Crippen molar-refractivity contribution >= 4 is 11.6 Å². The maximum absolute atomic E-state index is 6.38. The van der Waals surface area contributed by atoms with Gasteiger partial charge in [0, 0.05) is 16.6 Å². The summed E-state index contributed by atoms with van der Waals surface area (Å²) >= 11 is 6.38. The van der Waals surface area contributed by atoms with Gasteiger partial charge in [-0.3, -0.25) is 0 Å². The van der Waals surface area contributed by atoms with E-state index in [9.17, 15) is 0 Å². The number of hydrogen-bond acceptors (Lipinski definition) is 2. The summed E-state index contributed by atoms with van der Waals surface area (Å²) in [6.45, 7) is 2.39. The highest BCUT2D eigenvalue weighted by Crippen LogP contribution is 2.39. The van der Waals surface area contributed by atoms with Gasteiger partial charge in [-0.05, 0) is 58.0 Å². The van der Waals surface area contributed by atoms with Gasteiger partial charge < -0.3 is 10.2 Å². The third-order valence-corrected chi connectivity index (χ3v) is 5.65. The summed E-state index contributed by atoms with van der Waals surface area (Å²) in [5, 5.41) is 4.47. The fourth-order valence-electron chi connectivity index (χ4n) is 4.04. The lowest BCUT2D eigenvalue weighted by Gasteiger charge is -2.50. The molecule has 118 valence electrons. The smallest absolute Gasteiger partial charge is 0.0438 e. The molecular formula is C18H29ClN2. The van der Waals surface area contributed by atoms with Crippen molar-refractivity contribution in [2.45, 2.75) is 50.6 Å². The van der Waals surface area contributed by atoms with Crippen LogP contribution in [0.5, 0.6) is 0 Å². The van der Waals surface area contributed by atoms with Gasteiger partial charge in [-0.15, -0.1) is 0 Å². The van der Waals surface area contributed by atoms with Gasteiger partial charge >= 0.3 is 0 Å². The first-order chi connectivity index (χ1) is 9.99. The zero-order valence-corrected chi connectivity index (χ0v) is 14.6. The van der Waals surface area contributed by atoms with Crippen LogP contribution in [0, 0.1) is 5.92 Å². The molecule has 21 heavy (non-hydrogen) atoms. The highest BCUT2D eigenvalue weighted by molar-refractivity contribution is 6.31. The van der Waals surface area contributed by atoms with Crippen molar-refractivity contribution < 1.29 is 0 Å². The van der Waals surface area contributed by atoms with Crippen molar-refractivity contribution in [1.29, 1.82) is 0 Å². The van der Waals surface area contributed by atoms with Gasteiger partial charge in [0.15, 0.2) is 0 Å². The average Bonchev–Trinajstić information content (AvgIpc) is 2.46. The van der Waals surface area contributed by atoms with Crippen LogP contribution in [0.3, 0.4) is 0 Å². The lowest BCUT2D eigenvalue weighted by molar-refractivity contribution is 0.0399. The van der Waals surface area contributed by atoms with E-state index in [1.165, 1.54) is 31.2 Å². The van der Waals surface area contributed by atoms with Crippen molar-refractivity contribution in [3.05, 3.63) is 34.9 Å². The molecule has 0 radical (unpaired) electrons. The lowest BCUT2D eigenvalue weighted by Crippen LogP contribution is -2.61. The minimum absolute atomic E-state index is 0.228. The Kier molecular flexibility index (Phi) is 5.70. The normalized spacial score (nSPS) is 27.8.